The summed E-state index contributed by atoms with van der Waals surface area (Å²) in [5.41, 5.74) is -0.229. The molecule has 0 heterocycles. The van der Waals surface area contributed by atoms with Crippen LogP contribution in [0.1, 0.15) is 437 Å². The number of alkyl halides is 15. The van der Waals surface area contributed by atoms with Gasteiger partial charge in [-0.25, -0.2) is 0 Å². The second-order valence-corrected chi connectivity index (χ2v) is 27.1. The van der Waals surface area contributed by atoms with Crippen LogP contribution in [-0.4, -0.2) is 30.9 Å². The van der Waals surface area contributed by atoms with E-state index in [0.717, 1.165) is 65.2 Å². The van der Waals surface area contributed by atoms with Gasteiger partial charge in [-0.05, 0) is 59.1 Å². The van der Waals surface area contributed by atoms with E-state index in [-0.39, 0.29) is 47.3 Å². The summed E-state index contributed by atoms with van der Waals surface area (Å²) in [5, 5.41) is 0. The third kappa shape index (κ3) is 221. The average Bonchev–Trinajstić information content (AvgIpc) is 1.57. The van der Waals surface area contributed by atoms with Crippen molar-refractivity contribution in [2.75, 3.05) is 0 Å². The van der Waals surface area contributed by atoms with E-state index in [2.05, 4.69) is 83.1 Å². The molecule has 0 radical (unpaired) electrons. The normalized spacial score (nSPS) is 16.4. The van der Waals surface area contributed by atoms with E-state index >= 15 is 0 Å². The molecule has 15 heteroatoms. The zero-order chi connectivity index (χ0) is 89.1. The summed E-state index contributed by atoms with van der Waals surface area (Å²) in [6.45, 7) is 69.2. The van der Waals surface area contributed by atoms with Crippen LogP contribution >= 0.6 is 0 Å². The van der Waals surface area contributed by atoms with Gasteiger partial charge in [0.2, 0.25) is 0 Å². The third-order valence-electron chi connectivity index (χ3n) is 11.8. The van der Waals surface area contributed by atoms with Crippen molar-refractivity contribution < 1.29 is 79.6 Å². The first-order chi connectivity index (χ1) is 46.0. The molecule has 600 valence electrons. The summed E-state index contributed by atoms with van der Waals surface area (Å²) in [7, 11) is 0. The van der Waals surface area contributed by atoms with Crippen molar-refractivity contribution in [2.24, 2.45) is 70.4 Å². The van der Waals surface area contributed by atoms with E-state index in [1.807, 2.05) is 90.0 Å². The number of rotatable bonds is 11. The fourth-order valence-electron chi connectivity index (χ4n) is 3.80. The molecule has 2 fully saturated rings. The quantitative estimate of drug-likeness (QED) is 0.181. The van der Waals surface area contributed by atoms with Gasteiger partial charge in [0.1, 0.15) is 0 Å². The summed E-state index contributed by atoms with van der Waals surface area (Å²) >= 11 is 0. The second kappa shape index (κ2) is 91.0. The first-order valence-corrected chi connectivity index (χ1v) is 36.3. The monoisotopic (exact) mass is 1430 g/mol. The highest BCUT2D eigenvalue weighted by molar-refractivity contribution is 4.62. The molecule has 1 unspecified atom stereocenters. The first-order valence-electron chi connectivity index (χ1n) is 41.3. The molecule has 0 aromatic rings. The van der Waals surface area contributed by atoms with Gasteiger partial charge in [-0.1, -0.05) is 404 Å². The van der Waals surface area contributed by atoms with Crippen LogP contribution in [0.15, 0.2) is 0 Å². The molecule has 0 saturated heterocycles. The van der Waals surface area contributed by atoms with Crippen molar-refractivity contribution in [3.05, 3.63) is 0 Å². The Balaban J connectivity index is -0.0000000636. The fraction of sp³-hybridized carbons (Fsp3) is 1.00. The Labute approximate surface area is 602 Å². The zero-order valence-corrected chi connectivity index (χ0v) is 69.8. The van der Waals surface area contributed by atoms with E-state index in [4.69, 9.17) is 13.7 Å². The molecular weight excluding hydrogens is 1250 g/mol. The third-order valence-corrected chi connectivity index (χ3v) is 11.8. The van der Waals surface area contributed by atoms with Crippen LogP contribution in [0.4, 0.5) is 65.9 Å². The standard InChI is InChI=1S/C7H14.2C6H11F3.C6H12.C6H14.C5H9F3.3C5H12.2C4H7F3.4C4H10.C3H8.C2H6/c1-7-5-3-2-4-6-7;2*1-3-5(2)4-6(7,8)9;1-6-4-2-3-5-6;1-5-6(2,3)4;1-3-4(2)5(6,7)8;2*1-4-5(2)3;1-3-5-4-2;2*1-3(2)4(5,6)7;2*1-4(2)3;2*1-3-4-2;1-3-2;1-2/h7H,2-6H2,1H3;2*5H,3-4H2,1-2H3;6H,2-5H2,1H3;5H2,1-4H3;4H,3H2,1-2H3;2*5H,4H2,1-3H3;3-5H2,1-2H3;2*3H,1-2H3;2*4H,1-3H3;2*3-4H2,1-2H3;3H2,1-2H3;1-2H3/t;2*5-;;;;;;;;;;;;;;/m.00............../s1/i7D;;;6D;5D2;;4D2;;;3D;;4D;;3D2;;;. The molecule has 95 heavy (non-hydrogen) atoms. The van der Waals surface area contributed by atoms with Gasteiger partial charge in [-0.2, -0.15) is 65.9 Å². The molecular formula is C80H175F15. The Kier molecular flexibility index (Phi) is 98.2. The van der Waals surface area contributed by atoms with Crippen molar-refractivity contribution in [1.82, 2.24) is 0 Å². The topological polar surface area (TPSA) is 0 Å². The van der Waals surface area contributed by atoms with Crippen molar-refractivity contribution in [3.8, 4) is 0 Å². The highest BCUT2D eigenvalue weighted by atomic mass is 19.4. The maximum atomic E-state index is 11.5. The molecule has 2 aliphatic rings. The van der Waals surface area contributed by atoms with Gasteiger partial charge in [0.25, 0.3) is 0 Å². The minimum absolute atomic E-state index is 0.0556. The lowest BCUT2D eigenvalue weighted by atomic mass is 9.91. The van der Waals surface area contributed by atoms with Gasteiger partial charge in [-0.3, -0.25) is 0 Å². The van der Waals surface area contributed by atoms with Gasteiger partial charge < -0.3 is 0 Å². The minimum atomic E-state index is -4.40. The van der Waals surface area contributed by atoms with E-state index in [1.54, 1.807) is 48.5 Å². The molecule has 0 N–H and O–H groups in total. The summed E-state index contributed by atoms with van der Waals surface area (Å²) in [6, 6.07) is 0. The van der Waals surface area contributed by atoms with Gasteiger partial charge in [-0.15, -0.1) is 0 Å². The van der Waals surface area contributed by atoms with Crippen molar-refractivity contribution >= 4 is 0 Å². The van der Waals surface area contributed by atoms with Crippen molar-refractivity contribution in [1.29, 1.82) is 0 Å². The van der Waals surface area contributed by atoms with E-state index in [0.29, 0.717) is 19.3 Å². The zero-order valence-electron chi connectivity index (χ0n) is 79.8. The summed E-state index contributed by atoms with van der Waals surface area (Å²) in [4.78, 5) is 0. The van der Waals surface area contributed by atoms with Crippen LogP contribution in [-0.2, 0) is 0 Å². The van der Waals surface area contributed by atoms with E-state index < -0.39 is 80.6 Å². The van der Waals surface area contributed by atoms with Crippen LogP contribution in [0, 0.1) is 70.4 Å². The highest BCUT2D eigenvalue weighted by Gasteiger charge is 2.34. The molecule has 0 spiro atoms. The predicted molar refractivity (Wildman–Crippen MR) is 402 cm³/mol. The lowest BCUT2D eigenvalue weighted by Crippen LogP contribution is -2.18. The first kappa shape index (κ1) is 103. The molecule has 2 rings (SSSR count). The van der Waals surface area contributed by atoms with Crippen LogP contribution in [0.2, 0.25) is 0 Å². The number of hydrogen-bond acceptors (Lipinski definition) is 0. The summed E-state index contributed by atoms with van der Waals surface area (Å²) in [5.74, 6) is -3.65. The Hall–Kier alpha value is -1.05. The maximum Gasteiger partial charge on any atom is 0.391 e. The van der Waals surface area contributed by atoms with E-state index in [1.165, 1.54) is 90.9 Å². The molecule has 0 amide bonds. The largest absolute Gasteiger partial charge is 0.391 e. The molecule has 2 saturated carbocycles. The summed E-state index contributed by atoms with van der Waals surface area (Å²) in [6.07, 6.45) is -2.48. The van der Waals surface area contributed by atoms with Crippen molar-refractivity contribution in [3.63, 3.8) is 0 Å². The average molecular weight is 1430 g/mol. The van der Waals surface area contributed by atoms with Crippen LogP contribution < -0.4 is 0 Å². The number of hydrogen-bond donors (Lipinski definition) is 0. The van der Waals surface area contributed by atoms with Gasteiger partial charge in [0.15, 0.2) is 0 Å². The number of unbranched alkanes of at least 4 members (excludes halogenated alkanes) is 3. The molecule has 3 atom stereocenters. The van der Waals surface area contributed by atoms with Gasteiger partial charge in [0.05, 0.1) is 5.92 Å². The molecule has 0 nitrogen and oxygen atoms in total. The fourth-order valence-corrected chi connectivity index (χ4v) is 3.80. The maximum absolute atomic E-state index is 11.5. The molecule has 0 aromatic carbocycles. The van der Waals surface area contributed by atoms with Gasteiger partial charge in [0, 0.05) is 38.4 Å². The smallest absolute Gasteiger partial charge is 0.171 e. The predicted octanol–water partition coefficient (Wildman–Crippen LogP) is 35.9. The second-order valence-electron chi connectivity index (χ2n) is 27.1. The number of halogens is 15. The van der Waals surface area contributed by atoms with Gasteiger partial charge >= 0.3 is 30.9 Å². The van der Waals surface area contributed by atoms with Crippen LogP contribution in [0.3, 0.4) is 0 Å². The highest BCUT2D eigenvalue weighted by Crippen LogP contribution is 2.29. The Morgan fingerprint density at radius 3 is 0.653 bits per heavy atom. The Morgan fingerprint density at radius 2 is 0.611 bits per heavy atom. The van der Waals surface area contributed by atoms with E-state index in [9.17, 15) is 65.9 Å². The Bertz CT molecular complexity index is 1540. The molecule has 0 bridgehead atoms. The molecule has 2 aliphatic carbocycles. The van der Waals surface area contributed by atoms with Crippen LogP contribution in [0.5, 0.6) is 0 Å². The summed E-state index contributed by atoms with van der Waals surface area (Å²) < 4.78 is 242. The van der Waals surface area contributed by atoms with Crippen molar-refractivity contribution in [2.45, 2.75) is 454 Å². The van der Waals surface area contributed by atoms with Crippen LogP contribution in [0.25, 0.3) is 0 Å². The lowest BCUT2D eigenvalue weighted by molar-refractivity contribution is -0.170. The minimum Gasteiger partial charge on any atom is -0.171 e. The SMILES string of the molecule is CC.CC(C)C.CC(C)C(F)(F)F.CCC.CCC(C)C.CCC(C)C(F)(F)F.CCCC.CCCCC.CC[C@H](C)CC(F)(F)F.CC[C@H](C)CC(F)(F)F.[2H]C(C)(C)C.[2H]C(C)(C)C(F)(F)F.[2H]C([2H])(C)C(C)(C)C.[2H]C([2H])(C)C(C)C.[2H]C([2H])(C)CC.[2H]C1(C)CCCC1.[2H]C1(C)CCCCC1. The molecule has 0 aromatic heterocycles. The lowest BCUT2D eigenvalue weighted by Gasteiger charge is -2.15. The Morgan fingerprint density at radius 1 is 0.400 bits per heavy atom. The molecule has 0 aliphatic heterocycles.